The van der Waals surface area contributed by atoms with Crippen molar-refractivity contribution >= 4 is 27.6 Å². The zero-order valence-corrected chi connectivity index (χ0v) is 16.7. The molecular formula is C20H28N2O5S. The number of hydrogen-bond donors (Lipinski definition) is 3. The van der Waals surface area contributed by atoms with E-state index in [1.54, 1.807) is 12.1 Å². The maximum absolute atomic E-state index is 12.5. The van der Waals surface area contributed by atoms with Crippen LogP contribution < -0.4 is 10.0 Å². The first kappa shape index (κ1) is 20.8. The number of hydrogen-bond acceptors (Lipinski definition) is 4. The molecule has 7 nitrogen and oxygen atoms in total. The maximum Gasteiger partial charge on any atom is 0.307 e. The molecule has 1 amide bonds. The standard InChI is InChI=1S/C20H28N2O5S/c23-19(17-8-4-5-9-18(17)20(24)25)21-14-10-12-16(13-11-14)28(26,27)22-15-6-2-1-3-7-15/h10-13,15,17-18,22H,1-9H2,(H,21,23)(H,24,25)/t17-,18+/m1/s1. The van der Waals surface area contributed by atoms with Gasteiger partial charge in [-0.25, -0.2) is 13.1 Å². The molecule has 1 aromatic rings. The molecule has 3 N–H and O–H groups in total. The van der Waals surface area contributed by atoms with Gasteiger partial charge in [0.05, 0.1) is 16.7 Å². The van der Waals surface area contributed by atoms with Crippen LogP contribution in [-0.2, 0) is 19.6 Å². The van der Waals surface area contributed by atoms with Crippen LogP contribution in [0, 0.1) is 11.8 Å². The molecule has 0 heterocycles. The van der Waals surface area contributed by atoms with E-state index >= 15 is 0 Å². The van der Waals surface area contributed by atoms with E-state index in [4.69, 9.17) is 0 Å². The summed E-state index contributed by atoms with van der Waals surface area (Å²) in [6.45, 7) is 0. The van der Waals surface area contributed by atoms with E-state index in [2.05, 4.69) is 10.0 Å². The van der Waals surface area contributed by atoms with Crippen molar-refractivity contribution in [3.05, 3.63) is 24.3 Å². The molecule has 0 spiro atoms. The van der Waals surface area contributed by atoms with Crippen molar-refractivity contribution in [2.45, 2.75) is 68.7 Å². The number of carbonyl (C=O) groups excluding carboxylic acids is 1. The van der Waals surface area contributed by atoms with Crippen molar-refractivity contribution in [2.24, 2.45) is 11.8 Å². The quantitative estimate of drug-likeness (QED) is 0.669. The highest BCUT2D eigenvalue weighted by molar-refractivity contribution is 7.89. The molecule has 8 heteroatoms. The van der Waals surface area contributed by atoms with Crippen LogP contribution in [0.25, 0.3) is 0 Å². The Morgan fingerprint density at radius 2 is 1.43 bits per heavy atom. The van der Waals surface area contributed by atoms with Crippen LogP contribution in [0.5, 0.6) is 0 Å². The minimum atomic E-state index is -3.59. The van der Waals surface area contributed by atoms with E-state index in [0.717, 1.165) is 44.9 Å². The zero-order valence-electron chi connectivity index (χ0n) is 15.9. The Bertz CT molecular complexity index is 800. The number of carbonyl (C=O) groups is 2. The normalized spacial score (nSPS) is 23.9. The molecular weight excluding hydrogens is 380 g/mol. The lowest BCUT2D eigenvalue weighted by atomic mass is 9.78. The summed E-state index contributed by atoms with van der Waals surface area (Å²) < 4.78 is 27.8. The van der Waals surface area contributed by atoms with Gasteiger partial charge in [0.2, 0.25) is 15.9 Å². The molecule has 2 saturated carbocycles. The van der Waals surface area contributed by atoms with Crippen molar-refractivity contribution in [3.63, 3.8) is 0 Å². The number of anilines is 1. The number of benzene rings is 1. The minimum absolute atomic E-state index is 0.0163. The van der Waals surface area contributed by atoms with Crippen molar-refractivity contribution in [3.8, 4) is 0 Å². The molecule has 0 aromatic heterocycles. The third-order valence-electron chi connectivity index (χ3n) is 5.78. The Labute approximate surface area is 166 Å². The second-order valence-electron chi connectivity index (χ2n) is 7.81. The number of nitrogens with one attached hydrogen (secondary N) is 2. The van der Waals surface area contributed by atoms with Gasteiger partial charge in [0.25, 0.3) is 0 Å². The highest BCUT2D eigenvalue weighted by Crippen LogP contribution is 2.31. The van der Waals surface area contributed by atoms with Crippen molar-refractivity contribution in [2.75, 3.05) is 5.32 Å². The van der Waals surface area contributed by atoms with Crippen molar-refractivity contribution in [1.29, 1.82) is 0 Å². The lowest BCUT2D eigenvalue weighted by Gasteiger charge is -2.27. The van der Waals surface area contributed by atoms with Crippen LogP contribution in [0.4, 0.5) is 5.69 Å². The Morgan fingerprint density at radius 1 is 0.857 bits per heavy atom. The molecule has 2 aliphatic carbocycles. The van der Waals surface area contributed by atoms with E-state index in [-0.39, 0.29) is 16.8 Å². The molecule has 3 rings (SSSR count). The number of carboxylic acids is 1. The fraction of sp³-hybridized carbons (Fsp3) is 0.600. The number of amides is 1. The highest BCUT2D eigenvalue weighted by atomic mass is 32.2. The minimum Gasteiger partial charge on any atom is -0.481 e. The molecule has 0 radical (unpaired) electrons. The summed E-state index contributed by atoms with van der Waals surface area (Å²) in [5.41, 5.74) is 0.469. The van der Waals surface area contributed by atoms with E-state index in [9.17, 15) is 23.1 Å². The lowest BCUT2D eigenvalue weighted by molar-refractivity contribution is -0.147. The van der Waals surface area contributed by atoms with Crippen LogP contribution >= 0.6 is 0 Å². The van der Waals surface area contributed by atoms with Crippen LogP contribution in [0.15, 0.2) is 29.2 Å². The predicted molar refractivity (Wildman–Crippen MR) is 105 cm³/mol. The summed E-state index contributed by atoms with van der Waals surface area (Å²) in [5, 5.41) is 12.1. The van der Waals surface area contributed by atoms with Gasteiger partial charge in [-0.1, -0.05) is 32.1 Å². The molecule has 0 aliphatic heterocycles. The first-order valence-corrected chi connectivity index (χ1v) is 11.5. The van der Waals surface area contributed by atoms with Gasteiger partial charge >= 0.3 is 5.97 Å². The predicted octanol–water partition coefficient (Wildman–Crippen LogP) is 3.13. The zero-order chi connectivity index (χ0) is 20.1. The second kappa shape index (κ2) is 9.05. The number of carboxylic acid groups (broad SMARTS) is 1. The maximum atomic E-state index is 12.5. The topological polar surface area (TPSA) is 113 Å². The van der Waals surface area contributed by atoms with Crippen LogP contribution in [0.2, 0.25) is 0 Å². The third-order valence-corrected chi connectivity index (χ3v) is 7.32. The SMILES string of the molecule is O=C(O)[C@H]1CCCC[C@H]1C(=O)Nc1ccc(S(=O)(=O)NC2CCCCC2)cc1. The van der Waals surface area contributed by atoms with Crippen LogP contribution in [-0.4, -0.2) is 31.4 Å². The molecule has 0 unspecified atom stereocenters. The van der Waals surface area contributed by atoms with E-state index in [1.165, 1.54) is 12.1 Å². The summed E-state index contributed by atoms with van der Waals surface area (Å²) >= 11 is 0. The molecule has 0 bridgehead atoms. The Morgan fingerprint density at radius 3 is 2.04 bits per heavy atom. The number of sulfonamides is 1. The van der Waals surface area contributed by atoms with Gasteiger partial charge in [-0.2, -0.15) is 0 Å². The molecule has 2 fully saturated rings. The molecule has 2 aliphatic rings. The third kappa shape index (κ3) is 5.11. The fourth-order valence-corrected chi connectivity index (χ4v) is 5.51. The molecule has 0 saturated heterocycles. The first-order valence-electron chi connectivity index (χ1n) is 10.0. The monoisotopic (exact) mass is 408 g/mol. The largest absolute Gasteiger partial charge is 0.481 e. The van der Waals surface area contributed by atoms with E-state index < -0.39 is 27.8 Å². The molecule has 2 atom stereocenters. The fourth-order valence-electron chi connectivity index (χ4n) is 4.20. The van der Waals surface area contributed by atoms with Gasteiger partial charge in [0, 0.05) is 11.7 Å². The van der Waals surface area contributed by atoms with E-state index in [0.29, 0.717) is 18.5 Å². The Balaban J connectivity index is 1.63. The van der Waals surface area contributed by atoms with Gasteiger partial charge in [-0.15, -0.1) is 0 Å². The smallest absolute Gasteiger partial charge is 0.307 e. The van der Waals surface area contributed by atoms with Gasteiger partial charge in [0.15, 0.2) is 0 Å². The molecule has 154 valence electrons. The highest BCUT2D eigenvalue weighted by Gasteiger charge is 2.35. The van der Waals surface area contributed by atoms with E-state index in [1.807, 2.05) is 0 Å². The van der Waals surface area contributed by atoms with Crippen molar-refractivity contribution < 1.29 is 23.1 Å². The summed E-state index contributed by atoms with van der Waals surface area (Å²) in [6.07, 6.45) is 7.67. The van der Waals surface area contributed by atoms with Gasteiger partial charge in [-0.05, 0) is 49.9 Å². The first-order chi connectivity index (χ1) is 13.4. The van der Waals surface area contributed by atoms with Crippen LogP contribution in [0.3, 0.4) is 0 Å². The molecule has 1 aromatic carbocycles. The van der Waals surface area contributed by atoms with Gasteiger partial charge in [-0.3, -0.25) is 9.59 Å². The number of rotatable bonds is 6. The average Bonchev–Trinajstić information content (AvgIpc) is 2.69. The number of aliphatic carboxylic acids is 1. The van der Waals surface area contributed by atoms with Gasteiger partial charge in [0.1, 0.15) is 0 Å². The summed E-state index contributed by atoms with van der Waals surface area (Å²) in [5.74, 6) is -2.46. The summed E-state index contributed by atoms with van der Waals surface area (Å²) in [4.78, 5) is 24.1. The summed E-state index contributed by atoms with van der Waals surface area (Å²) in [6, 6.07) is 6.02. The molecule has 28 heavy (non-hydrogen) atoms. The second-order valence-corrected chi connectivity index (χ2v) is 9.52. The lowest BCUT2D eigenvalue weighted by Crippen LogP contribution is -2.36. The average molecular weight is 409 g/mol. The van der Waals surface area contributed by atoms with Gasteiger partial charge < -0.3 is 10.4 Å². The Hall–Kier alpha value is -1.93. The summed E-state index contributed by atoms with van der Waals surface area (Å²) in [7, 11) is -3.59. The Kier molecular flexibility index (Phi) is 6.72. The van der Waals surface area contributed by atoms with Crippen molar-refractivity contribution in [1.82, 2.24) is 4.72 Å². The van der Waals surface area contributed by atoms with Crippen LogP contribution in [0.1, 0.15) is 57.8 Å².